The molecular formula is C27H28Br4F6N4O6. The number of carboxylic acids is 2. The number of aliphatic carboxylic acids is 2. The number of carbonyl (C=O) groups is 4. The summed E-state index contributed by atoms with van der Waals surface area (Å²) in [4.78, 5) is 48.4. The molecule has 0 unspecified atom stereocenters. The lowest BCUT2D eigenvalue weighted by Gasteiger charge is -2.36. The third-order valence-electron chi connectivity index (χ3n) is 6.12. The number of alkyl halides is 6. The van der Waals surface area contributed by atoms with E-state index in [9.17, 15) is 35.9 Å². The van der Waals surface area contributed by atoms with E-state index < -0.39 is 29.8 Å². The molecule has 0 radical (unpaired) electrons. The molecule has 20 heteroatoms. The van der Waals surface area contributed by atoms with Crippen molar-refractivity contribution < 1.29 is 55.7 Å². The van der Waals surface area contributed by atoms with Gasteiger partial charge in [0.2, 0.25) is 0 Å². The molecule has 262 valence electrons. The average Bonchev–Trinajstić information content (AvgIpc) is 3.09. The topological polar surface area (TPSA) is 167 Å². The Bertz CT molecular complexity index is 1310. The molecule has 1 fully saturated rings. The lowest BCUT2D eigenvalue weighted by molar-refractivity contribution is -0.193. The van der Waals surface area contributed by atoms with Crippen LogP contribution in [0.1, 0.15) is 24.0 Å². The molecule has 6 N–H and O–H groups in total. The number of imide groups is 1. The second-order valence-corrected chi connectivity index (χ2v) is 13.4. The summed E-state index contributed by atoms with van der Waals surface area (Å²) < 4.78 is 67.1. The highest BCUT2D eigenvalue weighted by atomic mass is 79.9. The second-order valence-electron chi connectivity index (χ2n) is 9.72. The Hall–Kier alpha value is -2.26. The van der Waals surface area contributed by atoms with Crippen LogP contribution in [-0.2, 0) is 27.2 Å². The number of carboxylic acid groups (broad SMARTS) is 2. The summed E-state index contributed by atoms with van der Waals surface area (Å²) in [6.45, 7) is 1.55. The highest BCUT2D eigenvalue weighted by Gasteiger charge is 2.56. The van der Waals surface area contributed by atoms with Crippen molar-refractivity contribution in [2.45, 2.75) is 43.6 Å². The molecule has 1 saturated heterocycles. The highest BCUT2D eigenvalue weighted by molar-refractivity contribution is 9.11. The van der Waals surface area contributed by atoms with Gasteiger partial charge >= 0.3 is 30.3 Å². The molecule has 0 spiro atoms. The Morgan fingerprint density at radius 3 is 1.30 bits per heavy atom. The first kappa shape index (κ1) is 42.8. The number of hydrogen-bond acceptors (Lipinski definition) is 6. The van der Waals surface area contributed by atoms with Crippen LogP contribution in [0.2, 0.25) is 0 Å². The van der Waals surface area contributed by atoms with E-state index in [-0.39, 0.29) is 11.9 Å². The van der Waals surface area contributed by atoms with Gasteiger partial charge in [-0.15, -0.1) is 0 Å². The number of halogens is 10. The Kier molecular flexibility index (Phi) is 16.8. The summed E-state index contributed by atoms with van der Waals surface area (Å²) >= 11 is 14.2. The van der Waals surface area contributed by atoms with Crippen LogP contribution >= 0.6 is 63.7 Å². The number of nitrogens with two attached hydrogens (primary N) is 2. The molecule has 0 atom stereocenters. The Balaban J connectivity index is 0.000000658. The minimum absolute atomic E-state index is 0.190. The standard InChI is InChI=1S/C23H26Br4N4O2.2C2HF3O2/c24-17-7-15(8-18(25)11-17)13-23(14-16-9-19(26)12-20(27)10-16)21(32)30(5-1-3-28)22(33)31(23)6-2-4-29;2*3-2(4,5)1(6)7/h7-12H,1-6,13-14,28-29H2;2*(H,6,7). The normalized spacial score (nSPS) is 14.3. The van der Waals surface area contributed by atoms with Gasteiger partial charge < -0.3 is 26.6 Å². The van der Waals surface area contributed by atoms with Crippen molar-refractivity contribution in [3.8, 4) is 0 Å². The molecule has 10 nitrogen and oxygen atoms in total. The molecule has 0 saturated carbocycles. The van der Waals surface area contributed by atoms with Crippen LogP contribution in [0.3, 0.4) is 0 Å². The quantitative estimate of drug-likeness (QED) is 0.155. The van der Waals surface area contributed by atoms with E-state index in [2.05, 4.69) is 63.7 Å². The number of nitrogens with zero attached hydrogens (tertiary/aromatic N) is 2. The average molecular weight is 938 g/mol. The maximum absolute atomic E-state index is 14.0. The summed E-state index contributed by atoms with van der Waals surface area (Å²) in [7, 11) is 0. The zero-order valence-corrected chi connectivity index (χ0v) is 30.3. The fourth-order valence-corrected chi connectivity index (χ4v) is 7.07. The van der Waals surface area contributed by atoms with Crippen molar-refractivity contribution in [2.75, 3.05) is 26.2 Å². The van der Waals surface area contributed by atoms with Crippen molar-refractivity contribution in [2.24, 2.45) is 11.5 Å². The summed E-state index contributed by atoms with van der Waals surface area (Å²) in [5.41, 5.74) is 12.3. The molecule has 1 heterocycles. The summed E-state index contributed by atoms with van der Waals surface area (Å²) in [5.74, 6) is -5.70. The number of urea groups is 1. The van der Waals surface area contributed by atoms with Crippen LogP contribution in [0.25, 0.3) is 0 Å². The minimum Gasteiger partial charge on any atom is -0.475 e. The van der Waals surface area contributed by atoms with Crippen molar-refractivity contribution in [1.82, 2.24) is 9.80 Å². The molecule has 3 amide bonds. The van der Waals surface area contributed by atoms with E-state index in [1.165, 1.54) is 4.90 Å². The van der Waals surface area contributed by atoms with Gasteiger partial charge in [-0.3, -0.25) is 9.69 Å². The fraction of sp³-hybridized carbons (Fsp3) is 0.407. The predicted octanol–water partition coefficient (Wildman–Crippen LogP) is 6.49. The van der Waals surface area contributed by atoms with Gasteiger partial charge in [0.1, 0.15) is 5.54 Å². The van der Waals surface area contributed by atoms with Crippen molar-refractivity contribution >= 4 is 87.6 Å². The molecule has 2 aromatic carbocycles. The van der Waals surface area contributed by atoms with Crippen LogP contribution in [0, 0.1) is 0 Å². The van der Waals surface area contributed by atoms with Gasteiger partial charge in [0.15, 0.2) is 0 Å². The minimum atomic E-state index is -5.08. The lowest BCUT2D eigenvalue weighted by Crippen LogP contribution is -2.54. The van der Waals surface area contributed by atoms with E-state index in [0.29, 0.717) is 51.9 Å². The van der Waals surface area contributed by atoms with Gasteiger partial charge in [0, 0.05) is 43.8 Å². The molecule has 1 aliphatic rings. The summed E-state index contributed by atoms with van der Waals surface area (Å²) in [6, 6.07) is 11.6. The van der Waals surface area contributed by atoms with Crippen LogP contribution < -0.4 is 11.5 Å². The molecule has 0 aliphatic carbocycles. The zero-order chi connectivity index (χ0) is 36.3. The first-order chi connectivity index (χ1) is 21.6. The zero-order valence-electron chi connectivity index (χ0n) is 24.0. The van der Waals surface area contributed by atoms with Gasteiger partial charge in [0.05, 0.1) is 0 Å². The monoisotopic (exact) mass is 934 g/mol. The van der Waals surface area contributed by atoms with Crippen LogP contribution in [0.5, 0.6) is 0 Å². The molecular weight excluding hydrogens is 910 g/mol. The third-order valence-corrected chi connectivity index (χ3v) is 7.95. The Labute approximate surface area is 298 Å². The Morgan fingerprint density at radius 1 is 0.681 bits per heavy atom. The van der Waals surface area contributed by atoms with Gasteiger partial charge in [-0.05, 0) is 73.5 Å². The number of benzene rings is 2. The lowest BCUT2D eigenvalue weighted by atomic mass is 9.83. The van der Waals surface area contributed by atoms with E-state index in [1.54, 1.807) is 4.90 Å². The van der Waals surface area contributed by atoms with Crippen LogP contribution in [0.15, 0.2) is 54.3 Å². The van der Waals surface area contributed by atoms with Crippen molar-refractivity contribution in [1.29, 1.82) is 0 Å². The van der Waals surface area contributed by atoms with E-state index in [1.807, 2.05) is 36.4 Å². The van der Waals surface area contributed by atoms with E-state index >= 15 is 0 Å². The smallest absolute Gasteiger partial charge is 0.475 e. The predicted molar refractivity (Wildman–Crippen MR) is 172 cm³/mol. The Morgan fingerprint density at radius 2 is 1.00 bits per heavy atom. The molecule has 2 aromatic rings. The molecule has 3 rings (SSSR count). The van der Waals surface area contributed by atoms with Crippen LogP contribution in [0.4, 0.5) is 31.1 Å². The van der Waals surface area contributed by atoms with Crippen LogP contribution in [-0.4, -0.2) is 88.0 Å². The van der Waals surface area contributed by atoms with Gasteiger partial charge in [0.25, 0.3) is 5.91 Å². The number of carbonyl (C=O) groups excluding carboxylic acids is 2. The molecule has 0 bridgehead atoms. The van der Waals surface area contributed by atoms with Gasteiger partial charge in [-0.25, -0.2) is 14.4 Å². The summed E-state index contributed by atoms with van der Waals surface area (Å²) in [5, 5.41) is 14.2. The SMILES string of the molecule is NCCCN1C(=O)N(CCCN)C(Cc2cc(Br)cc(Br)c2)(Cc2cc(Br)cc(Br)c2)C1=O.O=C(O)C(F)(F)F.O=C(O)C(F)(F)F. The maximum Gasteiger partial charge on any atom is 0.490 e. The van der Waals surface area contributed by atoms with Gasteiger partial charge in [-0.1, -0.05) is 63.7 Å². The number of amides is 3. The van der Waals surface area contributed by atoms with E-state index in [4.69, 9.17) is 31.3 Å². The van der Waals surface area contributed by atoms with Crippen molar-refractivity contribution in [3.63, 3.8) is 0 Å². The highest BCUT2D eigenvalue weighted by Crippen LogP contribution is 2.37. The number of rotatable bonds is 10. The maximum atomic E-state index is 14.0. The third kappa shape index (κ3) is 13.3. The van der Waals surface area contributed by atoms with Gasteiger partial charge in [-0.2, -0.15) is 26.3 Å². The largest absolute Gasteiger partial charge is 0.490 e. The first-order valence-electron chi connectivity index (χ1n) is 13.1. The molecule has 47 heavy (non-hydrogen) atoms. The summed E-state index contributed by atoms with van der Waals surface area (Å²) in [6.07, 6.45) is -8.24. The molecule has 0 aromatic heterocycles. The second kappa shape index (κ2) is 18.5. The fourth-order valence-electron chi connectivity index (χ4n) is 4.29. The number of hydrogen-bond donors (Lipinski definition) is 4. The van der Waals surface area contributed by atoms with E-state index in [0.717, 1.165) is 29.0 Å². The first-order valence-corrected chi connectivity index (χ1v) is 16.3. The molecule has 1 aliphatic heterocycles. The van der Waals surface area contributed by atoms with Crippen molar-refractivity contribution in [3.05, 3.63) is 65.4 Å².